The van der Waals surface area contributed by atoms with Crippen molar-refractivity contribution in [3.05, 3.63) is 28.6 Å². The van der Waals surface area contributed by atoms with E-state index in [-0.39, 0.29) is 0 Å². The zero-order valence-electron chi connectivity index (χ0n) is 11.5. The fourth-order valence-electron chi connectivity index (χ4n) is 2.42. The molecule has 2 aromatic rings. The number of nitrogens with two attached hydrogens (primary N) is 1. The van der Waals surface area contributed by atoms with Crippen molar-refractivity contribution in [3.63, 3.8) is 0 Å². The van der Waals surface area contributed by atoms with Gasteiger partial charge in [0.25, 0.3) is 0 Å². The monoisotopic (exact) mass is 324 g/mol. The summed E-state index contributed by atoms with van der Waals surface area (Å²) in [5.41, 5.74) is 6.59. The van der Waals surface area contributed by atoms with Crippen LogP contribution in [0.25, 0.3) is 5.65 Å². The second kappa shape index (κ2) is 6.48. The van der Waals surface area contributed by atoms with E-state index in [4.69, 9.17) is 5.73 Å². The van der Waals surface area contributed by atoms with Gasteiger partial charge in [0.2, 0.25) is 0 Å². The van der Waals surface area contributed by atoms with E-state index in [9.17, 15) is 0 Å². The minimum Gasteiger partial charge on any atom is -0.330 e. The summed E-state index contributed by atoms with van der Waals surface area (Å²) in [4.78, 5) is 0. The standard InChI is InChI=1S/C14H21BrN4/c1-10(2)11(7-8-16)3-5-13-17-18-14-6-4-12(15)9-19(13)14/h4,6,9-11H,3,5,7-8,16H2,1-2H3. The number of rotatable bonds is 6. The third kappa shape index (κ3) is 3.54. The van der Waals surface area contributed by atoms with Crippen molar-refractivity contribution in [2.24, 2.45) is 17.6 Å². The van der Waals surface area contributed by atoms with E-state index >= 15 is 0 Å². The fourth-order valence-corrected chi connectivity index (χ4v) is 2.76. The molecule has 2 rings (SSSR count). The molecular weight excluding hydrogens is 304 g/mol. The van der Waals surface area contributed by atoms with Crippen LogP contribution >= 0.6 is 15.9 Å². The smallest absolute Gasteiger partial charge is 0.160 e. The Bertz CT molecular complexity index is 535. The van der Waals surface area contributed by atoms with E-state index in [0.717, 1.165) is 41.8 Å². The summed E-state index contributed by atoms with van der Waals surface area (Å²) in [6.45, 7) is 5.28. The summed E-state index contributed by atoms with van der Waals surface area (Å²) in [7, 11) is 0. The largest absolute Gasteiger partial charge is 0.330 e. The van der Waals surface area contributed by atoms with Gasteiger partial charge in [-0.2, -0.15) is 0 Å². The van der Waals surface area contributed by atoms with Gasteiger partial charge in [-0.25, -0.2) is 0 Å². The minimum atomic E-state index is 0.657. The molecule has 0 saturated carbocycles. The minimum absolute atomic E-state index is 0.657. The van der Waals surface area contributed by atoms with Gasteiger partial charge in [0.05, 0.1) is 0 Å². The highest BCUT2D eigenvalue weighted by Crippen LogP contribution is 2.21. The van der Waals surface area contributed by atoms with E-state index < -0.39 is 0 Å². The molecule has 2 N–H and O–H groups in total. The SMILES string of the molecule is CC(C)C(CCN)CCc1nnc2ccc(Br)cn12. The van der Waals surface area contributed by atoms with Crippen LogP contribution in [-0.2, 0) is 6.42 Å². The molecule has 4 nitrogen and oxygen atoms in total. The average Bonchev–Trinajstić information content (AvgIpc) is 2.76. The van der Waals surface area contributed by atoms with Gasteiger partial charge < -0.3 is 5.73 Å². The van der Waals surface area contributed by atoms with Gasteiger partial charge in [-0.15, -0.1) is 10.2 Å². The summed E-state index contributed by atoms with van der Waals surface area (Å²) in [6.07, 6.45) is 5.17. The Morgan fingerprint density at radius 2 is 2.05 bits per heavy atom. The molecular formula is C14H21BrN4. The van der Waals surface area contributed by atoms with Gasteiger partial charge in [-0.1, -0.05) is 13.8 Å². The maximum Gasteiger partial charge on any atom is 0.160 e. The molecule has 0 bridgehead atoms. The quantitative estimate of drug-likeness (QED) is 0.888. The van der Waals surface area contributed by atoms with Crippen LogP contribution in [0.5, 0.6) is 0 Å². The van der Waals surface area contributed by atoms with Crippen LogP contribution in [0, 0.1) is 11.8 Å². The molecule has 0 saturated heterocycles. The molecule has 0 aliphatic carbocycles. The van der Waals surface area contributed by atoms with Crippen LogP contribution < -0.4 is 5.73 Å². The van der Waals surface area contributed by atoms with E-state index in [0.29, 0.717) is 11.8 Å². The predicted octanol–water partition coefficient (Wildman–Crippen LogP) is 3.05. The zero-order chi connectivity index (χ0) is 13.8. The molecule has 0 aromatic carbocycles. The van der Waals surface area contributed by atoms with Crippen molar-refractivity contribution < 1.29 is 0 Å². The number of fused-ring (bicyclic) bond motifs is 1. The lowest BCUT2D eigenvalue weighted by atomic mass is 9.88. The third-order valence-electron chi connectivity index (χ3n) is 3.66. The van der Waals surface area contributed by atoms with Crippen molar-refractivity contribution in [1.29, 1.82) is 0 Å². The van der Waals surface area contributed by atoms with Crippen molar-refractivity contribution in [3.8, 4) is 0 Å². The lowest BCUT2D eigenvalue weighted by Crippen LogP contribution is -2.15. The Hall–Kier alpha value is -0.940. The zero-order valence-corrected chi connectivity index (χ0v) is 13.1. The van der Waals surface area contributed by atoms with E-state index in [1.165, 1.54) is 0 Å². The van der Waals surface area contributed by atoms with E-state index in [2.05, 4.69) is 44.4 Å². The molecule has 2 heterocycles. The van der Waals surface area contributed by atoms with E-state index in [1.807, 2.05) is 18.3 Å². The number of nitrogens with zero attached hydrogens (tertiary/aromatic N) is 3. The second-order valence-corrected chi connectivity index (χ2v) is 6.23. The second-order valence-electron chi connectivity index (χ2n) is 5.31. The Balaban J connectivity index is 2.10. The Morgan fingerprint density at radius 1 is 1.26 bits per heavy atom. The van der Waals surface area contributed by atoms with Gasteiger partial charge in [0, 0.05) is 17.1 Å². The Kier molecular flexibility index (Phi) is 4.93. The lowest BCUT2D eigenvalue weighted by Gasteiger charge is -2.19. The molecule has 1 unspecified atom stereocenters. The third-order valence-corrected chi connectivity index (χ3v) is 4.12. The van der Waals surface area contributed by atoms with Crippen molar-refractivity contribution in [1.82, 2.24) is 14.6 Å². The molecule has 0 spiro atoms. The number of hydrogen-bond acceptors (Lipinski definition) is 3. The summed E-state index contributed by atoms with van der Waals surface area (Å²) >= 11 is 3.49. The van der Waals surface area contributed by atoms with Crippen molar-refractivity contribution in [2.75, 3.05) is 6.54 Å². The van der Waals surface area contributed by atoms with Gasteiger partial charge >= 0.3 is 0 Å². The maximum absolute atomic E-state index is 5.69. The highest BCUT2D eigenvalue weighted by Gasteiger charge is 2.14. The van der Waals surface area contributed by atoms with Crippen molar-refractivity contribution >= 4 is 21.6 Å². The van der Waals surface area contributed by atoms with Gasteiger partial charge in [0.1, 0.15) is 5.82 Å². The van der Waals surface area contributed by atoms with Crippen LogP contribution in [0.15, 0.2) is 22.8 Å². The van der Waals surface area contributed by atoms with E-state index in [1.54, 1.807) is 0 Å². The normalized spacial score (nSPS) is 13.3. The number of hydrogen-bond donors (Lipinski definition) is 1. The Labute approximate surface area is 122 Å². The molecule has 0 aliphatic heterocycles. The van der Waals surface area contributed by atoms with Crippen LogP contribution in [0.2, 0.25) is 0 Å². The maximum atomic E-state index is 5.69. The molecule has 19 heavy (non-hydrogen) atoms. The molecule has 0 radical (unpaired) electrons. The molecule has 0 amide bonds. The first kappa shape index (κ1) is 14.5. The summed E-state index contributed by atoms with van der Waals surface area (Å²) in [6, 6.07) is 3.96. The molecule has 0 fully saturated rings. The highest BCUT2D eigenvalue weighted by atomic mass is 79.9. The lowest BCUT2D eigenvalue weighted by molar-refractivity contribution is 0.339. The fraction of sp³-hybridized carbons (Fsp3) is 0.571. The summed E-state index contributed by atoms with van der Waals surface area (Å²) in [5.74, 6) is 2.35. The molecule has 5 heteroatoms. The molecule has 0 aliphatic rings. The Morgan fingerprint density at radius 3 is 2.74 bits per heavy atom. The number of aryl methyl sites for hydroxylation is 1. The summed E-state index contributed by atoms with van der Waals surface area (Å²) < 4.78 is 3.10. The number of aromatic nitrogens is 3. The topological polar surface area (TPSA) is 56.2 Å². The average molecular weight is 325 g/mol. The van der Waals surface area contributed by atoms with Crippen LogP contribution in [0.3, 0.4) is 0 Å². The van der Waals surface area contributed by atoms with Crippen molar-refractivity contribution in [2.45, 2.75) is 33.1 Å². The number of halogens is 1. The first-order valence-corrected chi connectivity index (χ1v) is 7.60. The van der Waals surface area contributed by atoms with Crippen LogP contribution in [-0.4, -0.2) is 21.1 Å². The predicted molar refractivity (Wildman–Crippen MR) is 81.0 cm³/mol. The molecule has 1 atom stereocenters. The first-order valence-electron chi connectivity index (χ1n) is 6.81. The molecule has 2 aromatic heterocycles. The first-order chi connectivity index (χ1) is 9.11. The van der Waals surface area contributed by atoms with Crippen LogP contribution in [0.4, 0.5) is 0 Å². The van der Waals surface area contributed by atoms with Gasteiger partial charge in [0.15, 0.2) is 5.65 Å². The number of pyridine rings is 1. The van der Waals surface area contributed by atoms with Gasteiger partial charge in [-0.05, 0) is 59.3 Å². The highest BCUT2D eigenvalue weighted by molar-refractivity contribution is 9.10. The summed E-state index contributed by atoms with van der Waals surface area (Å²) in [5, 5.41) is 8.48. The molecule has 104 valence electrons. The van der Waals surface area contributed by atoms with Gasteiger partial charge in [-0.3, -0.25) is 4.40 Å². The van der Waals surface area contributed by atoms with Crippen LogP contribution in [0.1, 0.15) is 32.5 Å².